The van der Waals surface area contributed by atoms with Crippen molar-refractivity contribution in [3.8, 4) is 22.3 Å². The Morgan fingerprint density at radius 2 is 1.24 bits per heavy atom. The van der Waals surface area contributed by atoms with Gasteiger partial charge in [-0.1, -0.05) is 141 Å². The maximum absolute atomic E-state index is 2.56. The normalized spacial score (nSPS) is 17.8. The minimum absolute atomic E-state index is 0.0410. The molecular weight excluding hydrogens is 611 g/mol. The fourth-order valence-electron chi connectivity index (χ4n) is 8.72. The molecular formula is C47H35NS. The molecule has 0 bridgehead atoms. The van der Waals surface area contributed by atoms with Gasteiger partial charge in [0.1, 0.15) is 0 Å². The minimum Gasteiger partial charge on any atom is -0.313 e. The summed E-state index contributed by atoms with van der Waals surface area (Å²) >= 11 is 2.02. The molecule has 7 aromatic carbocycles. The first-order valence-electron chi connectivity index (χ1n) is 17.3. The second-order valence-electron chi connectivity index (χ2n) is 14.1. The van der Waals surface area contributed by atoms with Crippen molar-refractivity contribution in [2.75, 3.05) is 4.90 Å². The van der Waals surface area contributed by atoms with Gasteiger partial charge in [-0.3, -0.25) is 0 Å². The topological polar surface area (TPSA) is 3.24 Å². The summed E-state index contributed by atoms with van der Waals surface area (Å²) in [6.45, 7) is 4.72. The van der Waals surface area contributed by atoms with E-state index in [9.17, 15) is 0 Å². The lowest BCUT2D eigenvalue weighted by atomic mass is 9.80. The maximum atomic E-state index is 2.56. The van der Waals surface area contributed by atoms with Crippen LogP contribution in [0.4, 0.5) is 11.4 Å². The Bertz CT molecular complexity index is 2480. The van der Waals surface area contributed by atoms with E-state index in [0.717, 1.165) is 0 Å². The van der Waals surface area contributed by atoms with Gasteiger partial charge in [-0.05, 0) is 97.3 Å². The highest BCUT2D eigenvalue weighted by Crippen LogP contribution is 2.57. The third kappa shape index (κ3) is 4.33. The fraction of sp³-hybridized carbons (Fsp3) is 0.106. The molecule has 3 aliphatic rings. The Hall–Kier alpha value is -5.31. The summed E-state index contributed by atoms with van der Waals surface area (Å²) in [6, 6.07) is 58.8. The van der Waals surface area contributed by atoms with Crippen molar-refractivity contribution in [2.45, 2.75) is 35.3 Å². The number of anilines is 2. The fourth-order valence-corrected chi connectivity index (χ4v) is 10.2. The molecule has 0 radical (unpaired) electrons. The highest BCUT2D eigenvalue weighted by molar-refractivity contribution is 8.00. The van der Waals surface area contributed by atoms with Gasteiger partial charge in [0.2, 0.25) is 0 Å². The lowest BCUT2D eigenvalue weighted by Gasteiger charge is -2.37. The van der Waals surface area contributed by atoms with Gasteiger partial charge in [-0.25, -0.2) is 0 Å². The van der Waals surface area contributed by atoms with Crippen LogP contribution in [-0.2, 0) is 5.41 Å². The van der Waals surface area contributed by atoms with Crippen LogP contribution in [0.15, 0.2) is 168 Å². The van der Waals surface area contributed by atoms with E-state index in [0.29, 0.717) is 0 Å². The van der Waals surface area contributed by atoms with Crippen LogP contribution in [0.5, 0.6) is 0 Å². The molecule has 2 unspecified atom stereocenters. The van der Waals surface area contributed by atoms with Gasteiger partial charge >= 0.3 is 0 Å². The summed E-state index contributed by atoms with van der Waals surface area (Å²) < 4.78 is 0. The average molecular weight is 646 g/mol. The molecule has 0 saturated carbocycles. The van der Waals surface area contributed by atoms with E-state index in [-0.39, 0.29) is 16.6 Å². The molecule has 2 heteroatoms. The third-order valence-corrected chi connectivity index (χ3v) is 12.4. The van der Waals surface area contributed by atoms with E-state index in [2.05, 4.69) is 183 Å². The molecule has 0 spiro atoms. The molecule has 0 N–H and O–H groups in total. The number of thioether (sulfide) groups is 1. The highest BCUT2D eigenvalue weighted by atomic mass is 32.2. The first-order valence-corrected chi connectivity index (χ1v) is 18.1. The molecule has 1 heterocycles. The van der Waals surface area contributed by atoms with Crippen molar-refractivity contribution in [3.63, 3.8) is 0 Å². The first-order chi connectivity index (χ1) is 24.1. The van der Waals surface area contributed by atoms with Crippen molar-refractivity contribution in [3.05, 3.63) is 191 Å². The van der Waals surface area contributed by atoms with Crippen molar-refractivity contribution in [2.24, 2.45) is 0 Å². The molecule has 1 aliphatic heterocycles. The van der Waals surface area contributed by atoms with E-state index in [4.69, 9.17) is 0 Å². The zero-order chi connectivity index (χ0) is 32.7. The summed E-state index contributed by atoms with van der Waals surface area (Å²) in [4.78, 5) is 3.95. The second kappa shape index (κ2) is 10.9. The third-order valence-electron chi connectivity index (χ3n) is 11.0. The highest BCUT2D eigenvalue weighted by Gasteiger charge is 2.43. The zero-order valence-electron chi connectivity index (χ0n) is 27.6. The van der Waals surface area contributed by atoms with E-state index in [1.807, 2.05) is 11.8 Å². The molecule has 0 saturated heterocycles. The standard InChI is InChI=1S/C47H35NS/c1-47(2)41-23-9-7-20-38(41)40-29-34(25-26-42(40)47)48(33-17-11-16-31(27-33)36-22-12-15-30-13-3-5-18-35(30)36)43-28-32-14-4-6-19-37(32)45-39-21-8-10-24-44(39)49-46(43)45/h3-29,45-46H,1-2H3. The smallest absolute Gasteiger partial charge is 0.0611 e. The zero-order valence-corrected chi connectivity index (χ0v) is 28.4. The van der Waals surface area contributed by atoms with Crippen LogP contribution >= 0.6 is 11.8 Å². The quantitative estimate of drug-likeness (QED) is 0.187. The average Bonchev–Trinajstić information content (AvgIpc) is 3.65. The van der Waals surface area contributed by atoms with Crippen LogP contribution in [0.3, 0.4) is 0 Å². The predicted molar refractivity (Wildman–Crippen MR) is 208 cm³/mol. The molecule has 0 fully saturated rings. The lowest BCUT2D eigenvalue weighted by molar-refractivity contribution is 0.660. The first kappa shape index (κ1) is 28.7. The Kier molecular flexibility index (Phi) is 6.35. The van der Waals surface area contributed by atoms with Crippen molar-refractivity contribution < 1.29 is 0 Å². The Morgan fingerprint density at radius 3 is 2.18 bits per heavy atom. The number of nitrogens with zero attached hydrogens (tertiary/aromatic N) is 1. The molecule has 2 atom stereocenters. The molecule has 1 nitrogen and oxygen atoms in total. The maximum Gasteiger partial charge on any atom is 0.0611 e. The number of fused-ring (bicyclic) bond motifs is 9. The van der Waals surface area contributed by atoms with Gasteiger partial charge in [0, 0.05) is 33.3 Å². The number of benzene rings is 7. The molecule has 10 rings (SSSR count). The van der Waals surface area contributed by atoms with Crippen LogP contribution in [0.1, 0.15) is 47.6 Å². The van der Waals surface area contributed by atoms with Crippen LogP contribution < -0.4 is 4.90 Å². The van der Waals surface area contributed by atoms with E-state index >= 15 is 0 Å². The lowest BCUT2D eigenvalue weighted by Crippen LogP contribution is -2.30. The van der Waals surface area contributed by atoms with E-state index in [1.165, 1.54) is 82.8 Å². The SMILES string of the molecule is CC1(C)c2ccccc2-c2cc(N(C3=Cc4ccccc4C4c5ccccc5SC34)c3cccc(-c4cccc5ccccc45)c3)ccc21. The summed E-state index contributed by atoms with van der Waals surface area (Å²) in [7, 11) is 0. The minimum atomic E-state index is -0.0410. The molecule has 0 amide bonds. The second-order valence-corrected chi connectivity index (χ2v) is 15.2. The molecule has 2 aliphatic carbocycles. The monoisotopic (exact) mass is 645 g/mol. The molecule has 49 heavy (non-hydrogen) atoms. The van der Waals surface area contributed by atoms with Gasteiger partial charge in [-0.2, -0.15) is 0 Å². The van der Waals surface area contributed by atoms with Gasteiger partial charge in [0.15, 0.2) is 0 Å². The largest absolute Gasteiger partial charge is 0.313 e. The van der Waals surface area contributed by atoms with Crippen molar-refractivity contribution >= 4 is 40.0 Å². The Balaban J connectivity index is 1.21. The van der Waals surface area contributed by atoms with Gasteiger partial charge in [0.25, 0.3) is 0 Å². The van der Waals surface area contributed by atoms with Crippen LogP contribution in [0.2, 0.25) is 0 Å². The number of rotatable bonds is 4. The van der Waals surface area contributed by atoms with Gasteiger partial charge in [0.05, 0.1) is 5.25 Å². The molecule has 7 aromatic rings. The van der Waals surface area contributed by atoms with Gasteiger partial charge in [-0.15, -0.1) is 11.8 Å². The van der Waals surface area contributed by atoms with E-state index in [1.54, 1.807) is 0 Å². The number of hydrogen-bond donors (Lipinski definition) is 0. The van der Waals surface area contributed by atoms with Crippen LogP contribution in [0, 0.1) is 0 Å². The molecule has 0 aromatic heterocycles. The molecule has 234 valence electrons. The van der Waals surface area contributed by atoms with Gasteiger partial charge < -0.3 is 4.90 Å². The van der Waals surface area contributed by atoms with Crippen molar-refractivity contribution in [1.82, 2.24) is 0 Å². The van der Waals surface area contributed by atoms with Crippen LogP contribution in [0.25, 0.3) is 39.1 Å². The summed E-state index contributed by atoms with van der Waals surface area (Å²) in [5.74, 6) is 0.287. The Labute approximate surface area is 292 Å². The number of hydrogen-bond acceptors (Lipinski definition) is 2. The Morgan fingerprint density at radius 1 is 0.551 bits per heavy atom. The van der Waals surface area contributed by atoms with Crippen LogP contribution in [-0.4, -0.2) is 5.25 Å². The van der Waals surface area contributed by atoms with E-state index < -0.39 is 0 Å². The summed E-state index contributed by atoms with van der Waals surface area (Å²) in [5.41, 5.74) is 15.8. The predicted octanol–water partition coefficient (Wildman–Crippen LogP) is 12.6. The summed E-state index contributed by atoms with van der Waals surface area (Å²) in [6.07, 6.45) is 2.46. The summed E-state index contributed by atoms with van der Waals surface area (Å²) in [5, 5.41) is 2.78. The van der Waals surface area contributed by atoms with Crippen molar-refractivity contribution in [1.29, 1.82) is 0 Å².